The average Bonchev–Trinajstić information content (AvgIpc) is 1.95. The lowest BCUT2D eigenvalue weighted by Gasteiger charge is -2.12. The molecule has 0 aromatic carbocycles. The van der Waals surface area contributed by atoms with Crippen LogP contribution >= 0.6 is 7.60 Å². The summed E-state index contributed by atoms with van der Waals surface area (Å²) >= 11 is 0. The number of rotatable bonds is 6. The molecule has 78 valence electrons. The van der Waals surface area contributed by atoms with Crippen LogP contribution < -0.4 is 5.73 Å². The summed E-state index contributed by atoms with van der Waals surface area (Å²) in [6.45, 7) is 0. The number of hydrogen-bond acceptors (Lipinski definition) is 3. The molecule has 5 N–H and O–H groups in total. The van der Waals surface area contributed by atoms with E-state index >= 15 is 0 Å². The van der Waals surface area contributed by atoms with Crippen molar-refractivity contribution in [2.24, 2.45) is 5.73 Å². The Labute approximate surface area is 75.9 Å². The lowest BCUT2D eigenvalue weighted by Crippen LogP contribution is -2.19. The monoisotopic (exact) mass is 211 g/mol. The largest absolute Gasteiger partial charge is 0.481 e. The van der Waals surface area contributed by atoms with Crippen LogP contribution in [0, 0.1) is 0 Å². The van der Waals surface area contributed by atoms with Crippen LogP contribution in [0.2, 0.25) is 0 Å². The molecular formula is C6H14NO5P. The molecule has 0 radical (unpaired) electrons. The number of unbranched alkanes of at least 4 members (excludes halogenated alkanes) is 1. The van der Waals surface area contributed by atoms with E-state index < -0.39 is 19.3 Å². The van der Waals surface area contributed by atoms with E-state index in [-0.39, 0.29) is 12.8 Å². The standard InChI is InChI=1S/C6H14NO5P/c7-5(13(10,11)12)3-1-2-4-6(8)9/h5H,1-4,7H2,(H,8,9)(H2,10,11,12). The third kappa shape index (κ3) is 6.72. The summed E-state index contributed by atoms with van der Waals surface area (Å²) in [7, 11) is -4.19. The molecule has 0 amide bonds. The summed E-state index contributed by atoms with van der Waals surface area (Å²) in [5.41, 5.74) is 5.16. The van der Waals surface area contributed by atoms with Crippen molar-refractivity contribution in [3.05, 3.63) is 0 Å². The van der Waals surface area contributed by atoms with Gasteiger partial charge in [0.2, 0.25) is 0 Å². The number of aliphatic carboxylic acids is 1. The predicted octanol–water partition coefficient (Wildman–Crippen LogP) is 0.0939. The topological polar surface area (TPSA) is 121 Å². The Hall–Kier alpha value is -0.420. The van der Waals surface area contributed by atoms with Crippen LogP contribution in [0.4, 0.5) is 0 Å². The highest BCUT2D eigenvalue weighted by Crippen LogP contribution is 2.40. The van der Waals surface area contributed by atoms with Crippen LogP contribution in [0.1, 0.15) is 25.7 Å². The van der Waals surface area contributed by atoms with E-state index in [1.54, 1.807) is 0 Å². The van der Waals surface area contributed by atoms with Gasteiger partial charge in [-0.1, -0.05) is 6.42 Å². The van der Waals surface area contributed by atoms with E-state index in [1.165, 1.54) is 0 Å². The Morgan fingerprint density at radius 2 is 1.92 bits per heavy atom. The highest BCUT2D eigenvalue weighted by atomic mass is 31.2. The van der Waals surface area contributed by atoms with Crippen molar-refractivity contribution < 1.29 is 24.3 Å². The highest BCUT2D eigenvalue weighted by Gasteiger charge is 2.23. The van der Waals surface area contributed by atoms with Gasteiger partial charge in [-0.15, -0.1) is 0 Å². The fourth-order valence-electron chi connectivity index (χ4n) is 0.798. The van der Waals surface area contributed by atoms with Crippen LogP contribution in [-0.4, -0.2) is 26.6 Å². The van der Waals surface area contributed by atoms with Crippen molar-refractivity contribution in [2.75, 3.05) is 0 Å². The molecular weight excluding hydrogens is 197 g/mol. The maximum absolute atomic E-state index is 10.5. The SMILES string of the molecule is NC(CCCCC(=O)O)P(=O)(O)O. The zero-order chi connectivity index (χ0) is 10.5. The van der Waals surface area contributed by atoms with Crippen molar-refractivity contribution >= 4 is 13.6 Å². The molecule has 1 unspecified atom stereocenters. The van der Waals surface area contributed by atoms with Crippen LogP contribution in [0.25, 0.3) is 0 Å². The maximum atomic E-state index is 10.5. The molecule has 1 atom stereocenters. The lowest BCUT2D eigenvalue weighted by atomic mass is 10.2. The van der Waals surface area contributed by atoms with Gasteiger partial charge in [-0.3, -0.25) is 9.36 Å². The zero-order valence-corrected chi connectivity index (χ0v) is 7.98. The van der Waals surface area contributed by atoms with Gasteiger partial charge in [0.15, 0.2) is 0 Å². The van der Waals surface area contributed by atoms with Gasteiger partial charge in [-0.05, 0) is 12.8 Å². The van der Waals surface area contributed by atoms with Crippen molar-refractivity contribution in [1.29, 1.82) is 0 Å². The molecule has 0 fully saturated rings. The summed E-state index contributed by atoms with van der Waals surface area (Å²) in [6.07, 6.45) is 0.965. The highest BCUT2D eigenvalue weighted by molar-refractivity contribution is 7.52. The molecule has 0 aromatic rings. The number of hydrogen-bond donors (Lipinski definition) is 4. The minimum Gasteiger partial charge on any atom is -0.481 e. The van der Waals surface area contributed by atoms with Gasteiger partial charge in [-0.25, -0.2) is 0 Å². The van der Waals surface area contributed by atoms with Crippen molar-refractivity contribution in [3.63, 3.8) is 0 Å². The molecule has 6 nitrogen and oxygen atoms in total. The first-order chi connectivity index (χ1) is 5.84. The second-order valence-electron chi connectivity index (χ2n) is 2.80. The minimum absolute atomic E-state index is 0.00782. The second kappa shape index (κ2) is 5.34. The lowest BCUT2D eigenvalue weighted by molar-refractivity contribution is -0.137. The molecule has 0 saturated carbocycles. The van der Waals surface area contributed by atoms with E-state index in [4.69, 9.17) is 20.6 Å². The normalized spacial score (nSPS) is 14.1. The maximum Gasteiger partial charge on any atom is 0.342 e. The Bertz CT molecular complexity index is 213. The van der Waals surface area contributed by atoms with Crippen molar-refractivity contribution in [3.8, 4) is 0 Å². The third-order valence-electron chi connectivity index (χ3n) is 1.57. The van der Waals surface area contributed by atoms with E-state index in [0.29, 0.717) is 12.8 Å². The fraction of sp³-hybridized carbons (Fsp3) is 0.833. The molecule has 7 heteroatoms. The molecule has 0 aromatic heterocycles. The zero-order valence-electron chi connectivity index (χ0n) is 7.09. The van der Waals surface area contributed by atoms with E-state index in [9.17, 15) is 9.36 Å². The molecule has 0 spiro atoms. The average molecular weight is 211 g/mol. The first-order valence-corrected chi connectivity index (χ1v) is 5.55. The van der Waals surface area contributed by atoms with Gasteiger partial charge in [0.25, 0.3) is 0 Å². The summed E-state index contributed by atoms with van der Waals surface area (Å²) in [4.78, 5) is 27.2. The number of nitrogens with two attached hydrogens (primary N) is 1. The van der Waals surface area contributed by atoms with Crippen LogP contribution in [0.15, 0.2) is 0 Å². The first kappa shape index (κ1) is 12.6. The molecule has 0 rings (SSSR count). The smallest absolute Gasteiger partial charge is 0.342 e. The van der Waals surface area contributed by atoms with E-state index in [0.717, 1.165) is 0 Å². The van der Waals surface area contributed by atoms with E-state index in [1.807, 2.05) is 0 Å². The summed E-state index contributed by atoms with van der Waals surface area (Å²) < 4.78 is 10.5. The van der Waals surface area contributed by atoms with Crippen LogP contribution in [0.3, 0.4) is 0 Å². The molecule has 0 aliphatic heterocycles. The van der Waals surface area contributed by atoms with Crippen LogP contribution in [0.5, 0.6) is 0 Å². The Morgan fingerprint density at radius 3 is 2.31 bits per heavy atom. The van der Waals surface area contributed by atoms with Gasteiger partial charge >= 0.3 is 13.6 Å². The van der Waals surface area contributed by atoms with Crippen molar-refractivity contribution in [1.82, 2.24) is 0 Å². The molecule has 0 aliphatic carbocycles. The molecule has 0 bridgehead atoms. The van der Waals surface area contributed by atoms with Gasteiger partial charge in [0.1, 0.15) is 5.78 Å². The summed E-state index contributed by atoms with van der Waals surface area (Å²) in [5.74, 6) is -2.08. The molecule has 13 heavy (non-hydrogen) atoms. The van der Waals surface area contributed by atoms with Gasteiger partial charge in [0.05, 0.1) is 0 Å². The first-order valence-electron chi connectivity index (χ1n) is 3.86. The van der Waals surface area contributed by atoms with Crippen molar-refractivity contribution in [2.45, 2.75) is 31.5 Å². The molecule has 0 heterocycles. The second-order valence-corrected chi connectivity index (χ2v) is 4.64. The Kier molecular flexibility index (Phi) is 5.17. The Balaban J connectivity index is 3.55. The number of carbonyl (C=O) groups is 1. The molecule has 0 saturated heterocycles. The van der Waals surface area contributed by atoms with Crippen LogP contribution in [-0.2, 0) is 9.36 Å². The van der Waals surface area contributed by atoms with Gasteiger partial charge in [0, 0.05) is 6.42 Å². The summed E-state index contributed by atoms with van der Waals surface area (Å²) in [5, 5.41) is 8.25. The summed E-state index contributed by atoms with van der Waals surface area (Å²) in [6, 6.07) is 0. The number of carboxylic acid groups (broad SMARTS) is 1. The fourth-order valence-corrected chi connectivity index (χ4v) is 1.32. The Morgan fingerprint density at radius 1 is 1.38 bits per heavy atom. The van der Waals surface area contributed by atoms with Gasteiger partial charge in [-0.2, -0.15) is 0 Å². The van der Waals surface area contributed by atoms with E-state index in [2.05, 4.69) is 0 Å². The minimum atomic E-state index is -4.19. The number of carboxylic acids is 1. The third-order valence-corrected chi connectivity index (χ3v) is 2.69. The quantitative estimate of drug-likeness (QED) is 0.365. The van der Waals surface area contributed by atoms with Gasteiger partial charge < -0.3 is 20.6 Å². The predicted molar refractivity (Wildman–Crippen MR) is 46.1 cm³/mol. The molecule has 0 aliphatic rings.